The molecule has 1 aliphatic carbocycles. The van der Waals surface area contributed by atoms with Crippen molar-refractivity contribution in [3.8, 4) is 0 Å². The molecule has 3 aliphatic rings. The molecule has 1 aromatic rings. The van der Waals surface area contributed by atoms with Gasteiger partial charge in [-0.05, 0) is 50.1 Å². The molecule has 0 radical (unpaired) electrons. The van der Waals surface area contributed by atoms with E-state index in [9.17, 15) is 14.9 Å². The van der Waals surface area contributed by atoms with Crippen LogP contribution >= 0.6 is 0 Å². The number of benzene rings is 1. The summed E-state index contributed by atoms with van der Waals surface area (Å²) in [5.41, 5.74) is 1.83. The summed E-state index contributed by atoms with van der Waals surface area (Å²) in [7, 11) is 0. The third-order valence-corrected chi connectivity index (χ3v) is 6.17. The first-order valence-corrected chi connectivity index (χ1v) is 9.45. The first-order valence-electron chi connectivity index (χ1n) is 9.45. The van der Waals surface area contributed by atoms with E-state index in [-0.39, 0.29) is 11.6 Å². The molecule has 1 aromatic carbocycles. The highest BCUT2D eigenvalue weighted by Gasteiger charge is 2.35. The molecule has 0 spiro atoms. The topological polar surface area (TPSA) is 66.7 Å². The van der Waals surface area contributed by atoms with Crippen molar-refractivity contribution in [2.24, 2.45) is 5.92 Å². The minimum atomic E-state index is -0.390. The number of non-ortho nitro benzene ring substituents is 1. The molecule has 1 saturated heterocycles. The summed E-state index contributed by atoms with van der Waals surface area (Å²) in [5, 5.41) is 11.0. The second-order valence-corrected chi connectivity index (χ2v) is 7.59. The number of carbonyl (C=O) groups excluding carboxylic acids is 1. The fourth-order valence-electron chi connectivity index (χ4n) is 4.92. The van der Waals surface area contributed by atoms with E-state index in [1.165, 1.54) is 44.6 Å². The zero-order valence-electron chi connectivity index (χ0n) is 14.5. The van der Waals surface area contributed by atoms with Crippen LogP contribution in [0.25, 0.3) is 0 Å². The van der Waals surface area contributed by atoms with Crippen LogP contribution < -0.4 is 4.90 Å². The van der Waals surface area contributed by atoms with Crippen molar-refractivity contribution < 1.29 is 9.72 Å². The van der Waals surface area contributed by atoms with Crippen LogP contribution in [0.1, 0.15) is 44.1 Å². The lowest BCUT2D eigenvalue weighted by Gasteiger charge is -2.44. The second-order valence-electron chi connectivity index (χ2n) is 7.59. The molecule has 134 valence electrons. The number of rotatable bonds is 3. The van der Waals surface area contributed by atoms with Crippen LogP contribution in [-0.2, 0) is 11.2 Å². The minimum absolute atomic E-state index is 0.0590. The Morgan fingerprint density at radius 1 is 1.16 bits per heavy atom. The summed E-state index contributed by atoms with van der Waals surface area (Å²) in [6, 6.07) is 5.43. The lowest BCUT2D eigenvalue weighted by Crippen LogP contribution is -2.51. The molecule has 1 saturated carbocycles. The molecule has 0 unspecified atom stereocenters. The van der Waals surface area contributed by atoms with Gasteiger partial charge in [0.1, 0.15) is 0 Å². The van der Waals surface area contributed by atoms with Gasteiger partial charge in [0.05, 0.1) is 17.2 Å². The Bertz CT molecular complexity index is 688. The third kappa shape index (κ3) is 3.15. The normalized spacial score (nSPS) is 26.2. The Balaban J connectivity index is 1.49. The van der Waals surface area contributed by atoms with Crippen molar-refractivity contribution in [2.75, 3.05) is 24.5 Å². The second kappa shape index (κ2) is 6.75. The Morgan fingerprint density at radius 3 is 2.80 bits per heavy atom. The summed E-state index contributed by atoms with van der Waals surface area (Å²) < 4.78 is 0. The summed E-state index contributed by atoms with van der Waals surface area (Å²) in [5.74, 6) is 0.840. The van der Waals surface area contributed by atoms with E-state index in [0.717, 1.165) is 30.1 Å². The van der Waals surface area contributed by atoms with Crippen molar-refractivity contribution in [3.63, 3.8) is 0 Å². The van der Waals surface area contributed by atoms with E-state index in [2.05, 4.69) is 4.90 Å². The number of nitro groups is 1. The van der Waals surface area contributed by atoms with Gasteiger partial charge >= 0.3 is 0 Å². The molecule has 2 fully saturated rings. The molecule has 25 heavy (non-hydrogen) atoms. The molecule has 2 atom stereocenters. The summed E-state index contributed by atoms with van der Waals surface area (Å²) in [4.78, 5) is 27.7. The van der Waals surface area contributed by atoms with Gasteiger partial charge in [-0.1, -0.05) is 18.9 Å². The molecular weight excluding hydrogens is 318 g/mol. The summed E-state index contributed by atoms with van der Waals surface area (Å²) >= 11 is 0. The van der Waals surface area contributed by atoms with Crippen LogP contribution in [0, 0.1) is 16.0 Å². The third-order valence-electron chi connectivity index (χ3n) is 6.17. The van der Waals surface area contributed by atoms with Crippen LogP contribution in [0.4, 0.5) is 11.4 Å². The minimum Gasteiger partial charge on any atom is -0.310 e. The van der Waals surface area contributed by atoms with Gasteiger partial charge in [-0.15, -0.1) is 0 Å². The number of anilines is 1. The molecule has 1 amide bonds. The van der Waals surface area contributed by atoms with Crippen molar-refractivity contribution in [2.45, 2.75) is 51.0 Å². The van der Waals surface area contributed by atoms with Gasteiger partial charge in [-0.2, -0.15) is 0 Å². The monoisotopic (exact) mass is 343 g/mol. The maximum atomic E-state index is 12.9. The number of piperidine rings is 1. The van der Waals surface area contributed by atoms with Crippen molar-refractivity contribution in [1.82, 2.24) is 4.90 Å². The number of likely N-dealkylation sites (tertiary alicyclic amines) is 1. The summed E-state index contributed by atoms with van der Waals surface area (Å²) in [6.07, 6.45) is 8.36. The highest BCUT2D eigenvalue weighted by Crippen LogP contribution is 2.36. The maximum absolute atomic E-state index is 12.9. The standard InChI is InChI=1S/C19H25N3O3/c23-19(13-20-10-3-5-14-4-1-2-6-17(14)20)21-11-9-15-7-8-16(22(24)25)12-18(15)21/h7-8,12,14,17H,1-6,9-11,13H2/t14-,17+/m1/s1. The average Bonchev–Trinajstić information content (AvgIpc) is 3.05. The molecule has 6 nitrogen and oxygen atoms in total. The molecule has 4 rings (SSSR count). The number of amides is 1. The van der Waals surface area contributed by atoms with Crippen molar-refractivity contribution >= 4 is 17.3 Å². The fraction of sp³-hybridized carbons (Fsp3) is 0.632. The van der Waals surface area contributed by atoms with Gasteiger partial charge < -0.3 is 4.90 Å². The summed E-state index contributed by atoms with van der Waals surface area (Å²) in [6.45, 7) is 2.09. The van der Waals surface area contributed by atoms with Gasteiger partial charge in [0.25, 0.3) is 5.69 Å². The SMILES string of the molecule is O=C(CN1CCC[C@H]2CCCC[C@@H]21)N1CCc2ccc([N+](=O)[O-])cc21. The Labute approximate surface area is 147 Å². The predicted molar refractivity (Wildman–Crippen MR) is 95.7 cm³/mol. The molecule has 0 N–H and O–H groups in total. The number of hydrogen-bond acceptors (Lipinski definition) is 4. The number of nitro benzene ring substituents is 1. The number of hydrogen-bond donors (Lipinski definition) is 0. The Morgan fingerprint density at radius 2 is 1.96 bits per heavy atom. The molecule has 2 heterocycles. The van der Waals surface area contributed by atoms with E-state index in [1.54, 1.807) is 17.0 Å². The number of carbonyl (C=O) groups is 1. The number of fused-ring (bicyclic) bond motifs is 2. The van der Waals surface area contributed by atoms with E-state index >= 15 is 0 Å². The zero-order valence-corrected chi connectivity index (χ0v) is 14.5. The average molecular weight is 343 g/mol. The van der Waals surface area contributed by atoms with Crippen LogP contribution in [0.5, 0.6) is 0 Å². The molecule has 6 heteroatoms. The molecule has 0 bridgehead atoms. The van der Waals surface area contributed by atoms with E-state index in [4.69, 9.17) is 0 Å². The Kier molecular flexibility index (Phi) is 4.46. The van der Waals surface area contributed by atoms with E-state index < -0.39 is 4.92 Å². The van der Waals surface area contributed by atoms with Crippen molar-refractivity contribution in [1.29, 1.82) is 0 Å². The first kappa shape index (κ1) is 16.5. The first-order chi connectivity index (χ1) is 12.1. The highest BCUT2D eigenvalue weighted by atomic mass is 16.6. The quantitative estimate of drug-likeness (QED) is 0.625. The lowest BCUT2D eigenvalue weighted by molar-refractivity contribution is -0.384. The van der Waals surface area contributed by atoms with Gasteiger partial charge in [0.2, 0.25) is 5.91 Å². The largest absolute Gasteiger partial charge is 0.310 e. The predicted octanol–water partition coefficient (Wildman–Crippen LogP) is 3.14. The van der Waals surface area contributed by atoms with E-state index in [1.807, 2.05) is 0 Å². The Hall–Kier alpha value is -1.95. The number of nitrogens with zero attached hydrogens (tertiary/aromatic N) is 3. The highest BCUT2D eigenvalue weighted by molar-refractivity contribution is 5.97. The molecule has 0 aromatic heterocycles. The van der Waals surface area contributed by atoms with Crippen molar-refractivity contribution in [3.05, 3.63) is 33.9 Å². The maximum Gasteiger partial charge on any atom is 0.271 e. The van der Waals surface area contributed by atoms with Crippen LogP contribution in [0.3, 0.4) is 0 Å². The van der Waals surface area contributed by atoms with Gasteiger partial charge in [0.15, 0.2) is 0 Å². The molecular formula is C19H25N3O3. The van der Waals surface area contributed by atoms with Crippen LogP contribution in [-0.4, -0.2) is 41.4 Å². The van der Waals surface area contributed by atoms with Crippen LogP contribution in [0.2, 0.25) is 0 Å². The van der Waals surface area contributed by atoms with Gasteiger partial charge in [0, 0.05) is 24.7 Å². The fourth-order valence-corrected chi connectivity index (χ4v) is 4.92. The van der Waals surface area contributed by atoms with Gasteiger partial charge in [-0.3, -0.25) is 19.8 Å². The smallest absolute Gasteiger partial charge is 0.271 e. The van der Waals surface area contributed by atoms with Crippen LogP contribution in [0.15, 0.2) is 18.2 Å². The lowest BCUT2D eigenvalue weighted by atomic mass is 9.78. The molecule has 2 aliphatic heterocycles. The van der Waals surface area contributed by atoms with Gasteiger partial charge in [-0.25, -0.2) is 0 Å². The van der Waals surface area contributed by atoms with E-state index in [0.29, 0.717) is 19.1 Å². The zero-order chi connectivity index (χ0) is 17.4.